The minimum absolute atomic E-state index is 0.0604. The molecule has 0 spiro atoms. The van der Waals surface area contributed by atoms with Gasteiger partial charge >= 0.3 is 0 Å². The number of nitrogens with zero attached hydrogens (tertiary/aromatic N) is 3. The normalized spacial score (nSPS) is 13.6. The zero-order valence-corrected chi connectivity index (χ0v) is 20.0. The molecule has 3 aromatic carbocycles. The summed E-state index contributed by atoms with van der Waals surface area (Å²) in [5.74, 6) is 0.0423. The van der Waals surface area contributed by atoms with E-state index in [0.29, 0.717) is 17.1 Å². The number of nitro groups is 1. The van der Waals surface area contributed by atoms with Crippen molar-refractivity contribution in [2.45, 2.75) is 19.3 Å². The number of ether oxygens (including phenoxy) is 1. The smallest absolute Gasteiger partial charge is 0.293 e. The van der Waals surface area contributed by atoms with Gasteiger partial charge in [-0.15, -0.1) is 11.3 Å². The molecule has 1 fully saturated rings. The maximum absolute atomic E-state index is 13.1. The number of amides is 1. The molecule has 1 aliphatic heterocycles. The predicted molar refractivity (Wildman–Crippen MR) is 139 cm³/mol. The van der Waals surface area contributed by atoms with E-state index in [1.165, 1.54) is 13.2 Å². The molecule has 1 amide bonds. The van der Waals surface area contributed by atoms with Crippen molar-refractivity contribution >= 4 is 44.5 Å². The van der Waals surface area contributed by atoms with Crippen LogP contribution in [0.3, 0.4) is 0 Å². The van der Waals surface area contributed by atoms with E-state index >= 15 is 0 Å². The SMILES string of the molecule is COc1ccc(-c2nc3ccccc3s2)cc1NC(=O)c1ccc(N2CCCCC2)c([N+](=O)[O-])c1. The number of hydrogen-bond donors (Lipinski definition) is 1. The van der Waals surface area contributed by atoms with Gasteiger partial charge in [0.1, 0.15) is 16.4 Å². The molecule has 4 aromatic rings. The van der Waals surface area contributed by atoms with Gasteiger partial charge in [-0.3, -0.25) is 14.9 Å². The van der Waals surface area contributed by atoms with E-state index in [0.717, 1.165) is 53.1 Å². The molecule has 0 unspecified atom stereocenters. The summed E-state index contributed by atoms with van der Waals surface area (Å²) in [6.45, 7) is 1.56. The Labute approximate surface area is 206 Å². The molecule has 1 aliphatic rings. The van der Waals surface area contributed by atoms with Crippen LogP contribution in [0.2, 0.25) is 0 Å². The van der Waals surface area contributed by atoms with Gasteiger partial charge in [0.05, 0.1) is 27.9 Å². The van der Waals surface area contributed by atoms with Crippen LogP contribution in [0.1, 0.15) is 29.6 Å². The number of piperidine rings is 1. The van der Waals surface area contributed by atoms with Crippen molar-refractivity contribution in [2.24, 2.45) is 0 Å². The second-order valence-corrected chi connectivity index (χ2v) is 9.39. The van der Waals surface area contributed by atoms with Gasteiger partial charge in [0.25, 0.3) is 11.6 Å². The fourth-order valence-electron chi connectivity index (χ4n) is 4.34. The fraction of sp³-hybridized carbons (Fsp3) is 0.231. The number of hydrogen-bond acceptors (Lipinski definition) is 7. The van der Waals surface area contributed by atoms with E-state index in [4.69, 9.17) is 4.74 Å². The third-order valence-corrected chi connectivity index (χ3v) is 7.21. The highest BCUT2D eigenvalue weighted by Gasteiger charge is 2.23. The molecule has 5 rings (SSSR count). The zero-order valence-electron chi connectivity index (χ0n) is 19.2. The lowest BCUT2D eigenvalue weighted by molar-refractivity contribution is -0.384. The van der Waals surface area contributed by atoms with E-state index < -0.39 is 10.8 Å². The second kappa shape index (κ2) is 9.71. The molecule has 1 N–H and O–H groups in total. The van der Waals surface area contributed by atoms with Gasteiger partial charge in [0, 0.05) is 30.3 Å². The van der Waals surface area contributed by atoms with Crippen LogP contribution in [0.15, 0.2) is 60.7 Å². The van der Waals surface area contributed by atoms with Gasteiger partial charge in [-0.2, -0.15) is 0 Å². The first-order valence-electron chi connectivity index (χ1n) is 11.4. The molecule has 0 bridgehead atoms. The molecule has 9 heteroatoms. The summed E-state index contributed by atoms with van der Waals surface area (Å²) in [5.41, 5.74) is 2.93. The first-order chi connectivity index (χ1) is 17.0. The molecule has 1 aromatic heterocycles. The number of para-hydroxylation sites is 1. The lowest BCUT2D eigenvalue weighted by atomic mass is 10.1. The van der Waals surface area contributed by atoms with Gasteiger partial charge in [0.15, 0.2) is 0 Å². The summed E-state index contributed by atoms with van der Waals surface area (Å²) in [6, 6.07) is 18.0. The third-order valence-electron chi connectivity index (χ3n) is 6.12. The van der Waals surface area contributed by atoms with Gasteiger partial charge < -0.3 is 15.0 Å². The van der Waals surface area contributed by atoms with Crippen LogP contribution in [0, 0.1) is 10.1 Å². The number of aromatic nitrogens is 1. The van der Waals surface area contributed by atoms with Crippen LogP contribution in [-0.2, 0) is 0 Å². The van der Waals surface area contributed by atoms with Crippen LogP contribution in [0.5, 0.6) is 5.75 Å². The number of anilines is 2. The molecule has 8 nitrogen and oxygen atoms in total. The first-order valence-corrected chi connectivity index (χ1v) is 12.2. The number of carbonyl (C=O) groups is 1. The van der Waals surface area contributed by atoms with Gasteiger partial charge in [0.2, 0.25) is 0 Å². The lowest BCUT2D eigenvalue weighted by Crippen LogP contribution is -2.30. The monoisotopic (exact) mass is 488 g/mol. The number of thiazole rings is 1. The molecule has 0 saturated carbocycles. The van der Waals surface area contributed by atoms with E-state index in [1.807, 2.05) is 41.3 Å². The van der Waals surface area contributed by atoms with E-state index in [2.05, 4.69) is 10.3 Å². The topological polar surface area (TPSA) is 97.6 Å². The molecule has 0 aliphatic carbocycles. The molecule has 178 valence electrons. The quantitative estimate of drug-likeness (QED) is 0.259. The highest BCUT2D eigenvalue weighted by molar-refractivity contribution is 7.21. The van der Waals surface area contributed by atoms with Crippen molar-refractivity contribution < 1.29 is 14.5 Å². The summed E-state index contributed by atoms with van der Waals surface area (Å²) in [5, 5.41) is 15.5. The zero-order chi connectivity index (χ0) is 24.4. The van der Waals surface area contributed by atoms with Crippen molar-refractivity contribution in [3.8, 4) is 16.3 Å². The van der Waals surface area contributed by atoms with E-state index in [-0.39, 0.29) is 11.3 Å². The Kier molecular flexibility index (Phi) is 6.33. The summed E-state index contributed by atoms with van der Waals surface area (Å²) in [6.07, 6.45) is 3.14. The van der Waals surface area contributed by atoms with Crippen molar-refractivity contribution in [2.75, 3.05) is 30.4 Å². The van der Waals surface area contributed by atoms with Gasteiger partial charge in [-0.25, -0.2) is 4.98 Å². The molecular formula is C26H24N4O4S. The van der Waals surface area contributed by atoms with Crippen molar-refractivity contribution in [1.82, 2.24) is 4.98 Å². The standard InChI is InChI=1S/C26H24N4O4S/c1-34-23-12-10-18(26-28-19-7-3-4-8-24(19)35-26)15-20(23)27-25(31)17-9-11-21(22(16-17)30(32)33)29-13-5-2-6-14-29/h3-4,7-12,15-16H,2,5-6,13-14H2,1H3,(H,27,31). The summed E-state index contributed by atoms with van der Waals surface area (Å²) < 4.78 is 6.52. The molecule has 1 saturated heterocycles. The Morgan fingerprint density at radius 1 is 1.09 bits per heavy atom. The van der Waals surface area contributed by atoms with Crippen LogP contribution in [0.4, 0.5) is 17.1 Å². The minimum Gasteiger partial charge on any atom is -0.495 e. The van der Waals surface area contributed by atoms with E-state index in [9.17, 15) is 14.9 Å². The van der Waals surface area contributed by atoms with Crippen molar-refractivity contribution in [1.29, 1.82) is 0 Å². The van der Waals surface area contributed by atoms with Crippen molar-refractivity contribution in [3.63, 3.8) is 0 Å². The van der Waals surface area contributed by atoms with Crippen LogP contribution >= 0.6 is 11.3 Å². The number of benzene rings is 3. The van der Waals surface area contributed by atoms with Crippen LogP contribution < -0.4 is 15.0 Å². The summed E-state index contributed by atoms with van der Waals surface area (Å²) in [7, 11) is 1.53. The number of methoxy groups -OCH3 is 1. The number of rotatable bonds is 6. The third kappa shape index (κ3) is 4.67. The minimum atomic E-state index is -0.446. The molecule has 0 radical (unpaired) electrons. The number of fused-ring (bicyclic) bond motifs is 1. The Bertz CT molecular complexity index is 1380. The second-order valence-electron chi connectivity index (χ2n) is 8.36. The first kappa shape index (κ1) is 22.8. The Morgan fingerprint density at radius 2 is 1.89 bits per heavy atom. The number of nitro benzene ring substituents is 1. The summed E-state index contributed by atoms with van der Waals surface area (Å²) >= 11 is 1.56. The molecular weight excluding hydrogens is 464 g/mol. The number of nitrogens with one attached hydrogen (secondary N) is 1. The Hall–Kier alpha value is -3.98. The van der Waals surface area contributed by atoms with Crippen molar-refractivity contribution in [3.05, 3.63) is 76.3 Å². The fourth-order valence-corrected chi connectivity index (χ4v) is 5.30. The number of carbonyl (C=O) groups excluding carboxylic acids is 1. The van der Waals surface area contributed by atoms with Crippen LogP contribution in [0.25, 0.3) is 20.8 Å². The van der Waals surface area contributed by atoms with Crippen LogP contribution in [-0.4, -0.2) is 36.0 Å². The predicted octanol–water partition coefficient (Wildman–Crippen LogP) is 6.12. The Balaban J connectivity index is 1.44. The average molecular weight is 489 g/mol. The molecule has 0 atom stereocenters. The summed E-state index contributed by atoms with van der Waals surface area (Å²) in [4.78, 5) is 31.2. The molecule has 2 heterocycles. The highest BCUT2D eigenvalue weighted by atomic mass is 32.1. The van der Waals surface area contributed by atoms with E-state index in [1.54, 1.807) is 29.5 Å². The molecule has 35 heavy (non-hydrogen) atoms. The highest BCUT2D eigenvalue weighted by Crippen LogP contribution is 2.36. The Morgan fingerprint density at radius 3 is 2.63 bits per heavy atom. The average Bonchev–Trinajstić information content (AvgIpc) is 3.33. The maximum atomic E-state index is 13.1. The largest absolute Gasteiger partial charge is 0.495 e. The lowest BCUT2D eigenvalue weighted by Gasteiger charge is -2.28. The maximum Gasteiger partial charge on any atom is 0.293 e. The van der Waals surface area contributed by atoms with Gasteiger partial charge in [-0.1, -0.05) is 12.1 Å². The van der Waals surface area contributed by atoms with Gasteiger partial charge in [-0.05, 0) is 61.7 Å².